The van der Waals surface area contributed by atoms with Crippen LogP contribution >= 0.6 is 15.9 Å². The van der Waals surface area contributed by atoms with Gasteiger partial charge in [0.05, 0.1) is 5.69 Å². The van der Waals surface area contributed by atoms with Gasteiger partial charge in [-0.1, -0.05) is 18.2 Å². The predicted molar refractivity (Wildman–Crippen MR) is 77.3 cm³/mol. The molecule has 0 saturated carbocycles. The Labute approximate surface area is 115 Å². The summed E-state index contributed by atoms with van der Waals surface area (Å²) in [5, 5.41) is 3.26. The largest absolute Gasteiger partial charge is 0.380 e. The lowest BCUT2D eigenvalue weighted by molar-refractivity contribution is 0.628. The highest BCUT2D eigenvalue weighted by molar-refractivity contribution is 9.10. The van der Waals surface area contributed by atoms with Gasteiger partial charge in [0.2, 0.25) is 0 Å². The molecule has 18 heavy (non-hydrogen) atoms. The molecular formula is C15H15BrFN. The molecule has 2 aromatic rings. The topological polar surface area (TPSA) is 12.0 Å². The molecule has 0 fully saturated rings. The molecule has 0 radical (unpaired) electrons. The maximum Gasteiger partial charge on any atom is 0.125 e. The first kappa shape index (κ1) is 13.1. The number of halogens is 2. The van der Waals surface area contributed by atoms with E-state index in [1.807, 2.05) is 6.07 Å². The van der Waals surface area contributed by atoms with Gasteiger partial charge in [-0.25, -0.2) is 4.39 Å². The predicted octanol–water partition coefficient (Wildman–Crippen LogP) is 4.82. The molecule has 0 unspecified atom stereocenters. The number of nitrogens with one attached hydrogen (secondary N) is 1. The van der Waals surface area contributed by atoms with Crippen LogP contribution in [0.15, 0.2) is 40.9 Å². The van der Waals surface area contributed by atoms with Gasteiger partial charge in [0.15, 0.2) is 0 Å². The Kier molecular flexibility index (Phi) is 4.02. The zero-order valence-electron chi connectivity index (χ0n) is 10.4. The molecule has 0 aliphatic carbocycles. The summed E-state index contributed by atoms with van der Waals surface area (Å²) < 4.78 is 14.0. The monoisotopic (exact) mass is 307 g/mol. The van der Waals surface area contributed by atoms with E-state index in [1.165, 1.54) is 28.8 Å². The first-order chi connectivity index (χ1) is 8.58. The zero-order chi connectivity index (χ0) is 13.1. The van der Waals surface area contributed by atoms with E-state index in [2.05, 4.69) is 47.2 Å². The molecule has 0 aromatic heterocycles. The van der Waals surface area contributed by atoms with Crippen molar-refractivity contribution < 1.29 is 4.39 Å². The molecule has 2 aromatic carbocycles. The van der Waals surface area contributed by atoms with Crippen LogP contribution in [0.4, 0.5) is 10.1 Å². The van der Waals surface area contributed by atoms with Crippen molar-refractivity contribution in [1.29, 1.82) is 0 Å². The lowest BCUT2D eigenvalue weighted by Gasteiger charge is -2.13. The Balaban J connectivity index is 2.19. The molecule has 0 saturated heterocycles. The Hall–Kier alpha value is -1.35. The standard InChI is InChI=1S/C15H15BrFN/c1-10-4-3-5-11(2)13(10)9-18-15-8-12(17)6-7-14(15)16/h3-8,18H,9H2,1-2H3. The fraction of sp³-hybridized carbons (Fsp3) is 0.200. The summed E-state index contributed by atoms with van der Waals surface area (Å²) in [5.41, 5.74) is 4.52. The second kappa shape index (κ2) is 5.53. The summed E-state index contributed by atoms with van der Waals surface area (Å²) in [5.74, 6) is -0.234. The number of benzene rings is 2. The summed E-state index contributed by atoms with van der Waals surface area (Å²) in [6.45, 7) is 4.87. The van der Waals surface area contributed by atoms with Crippen LogP contribution in [-0.2, 0) is 6.54 Å². The molecule has 1 N–H and O–H groups in total. The maximum atomic E-state index is 13.2. The highest BCUT2D eigenvalue weighted by atomic mass is 79.9. The van der Waals surface area contributed by atoms with Crippen molar-refractivity contribution in [3.05, 3.63) is 63.4 Å². The normalized spacial score (nSPS) is 10.4. The van der Waals surface area contributed by atoms with Gasteiger partial charge in [-0.15, -0.1) is 0 Å². The SMILES string of the molecule is Cc1cccc(C)c1CNc1cc(F)ccc1Br. The Morgan fingerprint density at radius 2 is 1.78 bits per heavy atom. The number of aryl methyl sites for hydroxylation is 2. The molecule has 94 valence electrons. The fourth-order valence-electron chi connectivity index (χ4n) is 1.94. The van der Waals surface area contributed by atoms with E-state index < -0.39 is 0 Å². The van der Waals surface area contributed by atoms with Crippen LogP contribution < -0.4 is 5.32 Å². The van der Waals surface area contributed by atoms with Gasteiger partial charge in [-0.2, -0.15) is 0 Å². The number of rotatable bonds is 3. The van der Waals surface area contributed by atoms with E-state index >= 15 is 0 Å². The highest BCUT2D eigenvalue weighted by Crippen LogP contribution is 2.24. The quantitative estimate of drug-likeness (QED) is 0.857. The summed E-state index contributed by atoms with van der Waals surface area (Å²) >= 11 is 3.41. The summed E-state index contributed by atoms with van der Waals surface area (Å²) in [4.78, 5) is 0. The minimum atomic E-state index is -0.234. The molecule has 3 heteroatoms. The van der Waals surface area contributed by atoms with Gasteiger partial charge in [0.25, 0.3) is 0 Å². The molecule has 0 heterocycles. The van der Waals surface area contributed by atoms with Crippen molar-refractivity contribution in [2.75, 3.05) is 5.32 Å². The van der Waals surface area contributed by atoms with Crippen LogP contribution in [0.2, 0.25) is 0 Å². The minimum absolute atomic E-state index is 0.234. The van der Waals surface area contributed by atoms with Gasteiger partial charge in [0, 0.05) is 11.0 Å². The lowest BCUT2D eigenvalue weighted by Crippen LogP contribution is -2.04. The number of hydrogen-bond acceptors (Lipinski definition) is 1. The lowest BCUT2D eigenvalue weighted by atomic mass is 10.0. The van der Waals surface area contributed by atoms with Gasteiger partial charge in [-0.3, -0.25) is 0 Å². The molecular weight excluding hydrogens is 293 g/mol. The van der Waals surface area contributed by atoms with Crippen LogP contribution in [0, 0.1) is 19.7 Å². The van der Waals surface area contributed by atoms with E-state index in [4.69, 9.17) is 0 Å². The van der Waals surface area contributed by atoms with E-state index in [-0.39, 0.29) is 5.82 Å². The maximum absolute atomic E-state index is 13.2. The molecule has 0 spiro atoms. The third-order valence-electron chi connectivity index (χ3n) is 3.03. The van der Waals surface area contributed by atoms with Crippen LogP contribution in [0.25, 0.3) is 0 Å². The first-order valence-corrected chi connectivity index (χ1v) is 6.61. The van der Waals surface area contributed by atoms with E-state index in [1.54, 1.807) is 6.07 Å². The average Bonchev–Trinajstić information content (AvgIpc) is 2.33. The van der Waals surface area contributed by atoms with Crippen molar-refractivity contribution in [2.45, 2.75) is 20.4 Å². The fourth-order valence-corrected chi connectivity index (χ4v) is 2.33. The summed E-state index contributed by atoms with van der Waals surface area (Å²) in [6.07, 6.45) is 0. The van der Waals surface area contributed by atoms with Crippen LogP contribution in [0.1, 0.15) is 16.7 Å². The molecule has 2 rings (SSSR count). The third-order valence-corrected chi connectivity index (χ3v) is 3.72. The first-order valence-electron chi connectivity index (χ1n) is 5.82. The molecule has 0 aliphatic heterocycles. The van der Waals surface area contributed by atoms with Crippen LogP contribution in [0.5, 0.6) is 0 Å². The Morgan fingerprint density at radius 3 is 2.44 bits per heavy atom. The third kappa shape index (κ3) is 2.91. The second-order valence-electron chi connectivity index (χ2n) is 4.35. The molecule has 0 amide bonds. The molecule has 1 nitrogen and oxygen atoms in total. The van der Waals surface area contributed by atoms with Crippen LogP contribution in [0.3, 0.4) is 0 Å². The highest BCUT2D eigenvalue weighted by Gasteiger charge is 2.04. The van der Waals surface area contributed by atoms with Gasteiger partial charge in [0.1, 0.15) is 5.82 Å². The average molecular weight is 308 g/mol. The summed E-state index contributed by atoms with van der Waals surface area (Å²) in [7, 11) is 0. The van der Waals surface area contributed by atoms with Gasteiger partial charge in [-0.05, 0) is 64.7 Å². The number of anilines is 1. The molecule has 0 bridgehead atoms. The smallest absolute Gasteiger partial charge is 0.125 e. The van der Waals surface area contributed by atoms with Crippen molar-refractivity contribution in [3.8, 4) is 0 Å². The molecule has 0 aliphatic rings. The van der Waals surface area contributed by atoms with Crippen molar-refractivity contribution in [2.24, 2.45) is 0 Å². The Bertz CT molecular complexity index is 546. The van der Waals surface area contributed by atoms with E-state index in [0.29, 0.717) is 6.54 Å². The minimum Gasteiger partial charge on any atom is -0.380 e. The van der Waals surface area contributed by atoms with Crippen LogP contribution in [-0.4, -0.2) is 0 Å². The summed E-state index contributed by atoms with van der Waals surface area (Å²) in [6, 6.07) is 10.9. The molecule has 0 atom stereocenters. The number of hydrogen-bond donors (Lipinski definition) is 1. The zero-order valence-corrected chi connectivity index (χ0v) is 12.0. The van der Waals surface area contributed by atoms with Gasteiger partial charge < -0.3 is 5.32 Å². The van der Waals surface area contributed by atoms with E-state index in [0.717, 1.165) is 10.2 Å². The second-order valence-corrected chi connectivity index (χ2v) is 5.20. The van der Waals surface area contributed by atoms with Crippen molar-refractivity contribution in [1.82, 2.24) is 0 Å². The van der Waals surface area contributed by atoms with Crippen molar-refractivity contribution in [3.63, 3.8) is 0 Å². The van der Waals surface area contributed by atoms with Crippen molar-refractivity contribution >= 4 is 21.6 Å². The van der Waals surface area contributed by atoms with E-state index in [9.17, 15) is 4.39 Å². The Morgan fingerprint density at radius 1 is 1.11 bits per heavy atom. The van der Waals surface area contributed by atoms with Gasteiger partial charge >= 0.3 is 0 Å².